The summed E-state index contributed by atoms with van der Waals surface area (Å²) in [6, 6.07) is 8.80. The maximum Gasteiger partial charge on any atom is 0.323 e. The molecule has 6 heteroatoms. The lowest BCUT2D eigenvalue weighted by Crippen LogP contribution is -2.41. The average Bonchev–Trinajstić information content (AvgIpc) is 2.34. The number of aliphatic carboxylic acids is 1. The standard InChI is InChI=1S/C12H16N2O4/c1-14(9-11(15)16)12(17)13-7-8-18-10-5-3-2-4-6-10/h2-6H,7-9H2,1H3,(H,13,17)(H,15,16). The number of amides is 2. The quantitative estimate of drug-likeness (QED) is 0.734. The van der Waals surface area contributed by atoms with E-state index in [4.69, 9.17) is 9.84 Å². The van der Waals surface area contributed by atoms with Crippen LogP contribution in [-0.4, -0.2) is 48.8 Å². The second-order valence-electron chi connectivity index (χ2n) is 3.64. The second-order valence-corrected chi connectivity index (χ2v) is 3.64. The molecule has 0 saturated heterocycles. The van der Waals surface area contributed by atoms with Gasteiger partial charge in [-0.05, 0) is 12.1 Å². The monoisotopic (exact) mass is 252 g/mol. The second kappa shape index (κ2) is 7.16. The van der Waals surface area contributed by atoms with Crippen LogP contribution in [0.2, 0.25) is 0 Å². The Bertz CT molecular complexity index is 394. The fourth-order valence-electron chi connectivity index (χ4n) is 1.25. The van der Waals surface area contributed by atoms with Crippen LogP contribution >= 0.6 is 0 Å². The Morgan fingerprint density at radius 1 is 1.33 bits per heavy atom. The number of urea groups is 1. The van der Waals surface area contributed by atoms with Gasteiger partial charge in [0.1, 0.15) is 18.9 Å². The number of carbonyl (C=O) groups is 2. The van der Waals surface area contributed by atoms with Crippen molar-refractivity contribution < 1.29 is 19.4 Å². The molecule has 98 valence electrons. The molecule has 6 nitrogen and oxygen atoms in total. The van der Waals surface area contributed by atoms with Crippen molar-refractivity contribution in [3.8, 4) is 5.75 Å². The number of hydrogen-bond donors (Lipinski definition) is 2. The van der Waals surface area contributed by atoms with Crippen molar-refractivity contribution in [1.82, 2.24) is 10.2 Å². The van der Waals surface area contributed by atoms with Gasteiger partial charge >= 0.3 is 12.0 Å². The van der Waals surface area contributed by atoms with E-state index in [-0.39, 0.29) is 6.54 Å². The van der Waals surface area contributed by atoms with E-state index in [0.717, 1.165) is 10.6 Å². The number of hydrogen-bond acceptors (Lipinski definition) is 3. The van der Waals surface area contributed by atoms with Crippen molar-refractivity contribution in [2.24, 2.45) is 0 Å². The zero-order valence-electron chi connectivity index (χ0n) is 10.1. The summed E-state index contributed by atoms with van der Waals surface area (Å²) in [6.07, 6.45) is 0. The van der Waals surface area contributed by atoms with E-state index in [0.29, 0.717) is 13.2 Å². The van der Waals surface area contributed by atoms with Crippen molar-refractivity contribution in [3.63, 3.8) is 0 Å². The molecule has 1 aromatic rings. The first-order valence-electron chi connectivity index (χ1n) is 5.48. The lowest BCUT2D eigenvalue weighted by molar-refractivity contribution is -0.137. The minimum absolute atomic E-state index is 0.317. The molecule has 0 unspecified atom stereocenters. The van der Waals surface area contributed by atoms with Crippen molar-refractivity contribution in [3.05, 3.63) is 30.3 Å². The number of ether oxygens (including phenoxy) is 1. The summed E-state index contributed by atoms with van der Waals surface area (Å²) in [5.41, 5.74) is 0. The molecule has 0 bridgehead atoms. The van der Waals surface area contributed by atoms with E-state index in [1.54, 1.807) is 0 Å². The zero-order valence-corrected chi connectivity index (χ0v) is 10.1. The third-order valence-electron chi connectivity index (χ3n) is 2.11. The predicted molar refractivity (Wildman–Crippen MR) is 65.6 cm³/mol. The van der Waals surface area contributed by atoms with Crippen LogP contribution in [-0.2, 0) is 4.79 Å². The van der Waals surface area contributed by atoms with Gasteiger partial charge in [0.05, 0.1) is 6.54 Å². The van der Waals surface area contributed by atoms with E-state index in [2.05, 4.69) is 5.32 Å². The summed E-state index contributed by atoms with van der Waals surface area (Å²) in [7, 11) is 1.42. The topological polar surface area (TPSA) is 78.9 Å². The van der Waals surface area contributed by atoms with Crippen LogP contribution in [0.3, 0.4) is 0 Å². The fourth-order valence-corrected chi connectivity index (χ4v) is 1.25. The highest BCUT2D eigenvalue weighted by Gasteiger charge is 2.10. The summed E-state index contributed by atoms with van der Waals surface area (Å²) in [5.74, 6) is -0.321. The van der Waals surface area contributed by atoms with Gasteiger partial charge in [0, 0.05) is 7.05 Å². The Morgan fingerprint density at radius 2 is 2.00 bits per heavy atom. The third kappa shape index (κ3) is 5.20. The zero-order chi connectivity index (χ0) is 13.4. The van der Waals surface area contributed by atoms with Crippen molar-refractivity contribution in [1.29, 1.82) is 0 Å². The van der Waals surface area contributed by atoms with Crippen LogP contribution in [0.1, 0.15) is 0 Å². The molecule has 0 atom stereocenters. The first-order chi connectivity index (χ1) is 8.59. The molecule has 1 rings (SSSR count). The van der Waals surface area contributed by atoms with E-state index in [1.807, 2.05) is 30.3 Å². The Balaban J connectivity index is 2.18. The molecule has 1 aromatic carbocycles. The number of para-hydroxylation sites is 1. The number of rotatable bonds is 6. The van der Waals surface area contributed by atoms with Gasteiger partial charge in [-0.1, -0.05) is 18.2 Å². The van der Waals surface area contributed by atoms with Gasteiger partial charge in [-0.25, -0.2) is 4.79 Å². The van der Waals surface area contributed by atoms with Crippen molar-refractivity contribution >= 4 is 12.0 Å². The fraction of sp³-hybridized carbons (Fsp3) is 0.333. The maximum absolute atomic E-state index is 11.4. The smallest absolute Gasteiger partial charge is 0.323 e. The minimum Gasteiger partial charge on any atom is -0.492 e. The molecular weight excluding hydrogens is 236 g/mol. The van der Waals surface area contributed by atoms with Crippen molar-refractivity contribution in [2.75, 3.05) is 26.7 Å². The van der Waals surface area contributed by atoms with E-state index >= 15 is 0 Å². The van der Waals surface area contributed by atoms with Crippen LogP contribution in [0.5, 0.6) is 5.75 Å². The average molecular weight is 252 g/mol. The summed E-state index contributed by atoms with van der Waals surface area (Å²) < 4.78 is 5.37. The first kappa shape index (κ1) is 13.8. The predicted octanol–water partition coefficient (Wildman–Crippen LogP) is 0.791. The molecule has 0 heterocycles. The normalized spacial score (nSPS) is 9.61. The highest BCUT2D eigenvalue weighted by atomic mass is 16.5. The molecule has 0 fully saturated rings. The van der Waals surface area contributed by atoms with Gasteiger partial charge < -0.3 is 20.1 Å². The summed E-state index contributed by atoms with van der Waals surface area (Å²) in [6.45, 7) is 0.319. The van der Waals surface area contributed by atoms with E-state index in [9.17, 15) is 9.59 Å². The van der Waals surface area contributed by atoms with Gasteiger partial charge in [0.25, 0.3) is 0 Å². The molecule has 0 aliphatic heterocycles. The number of benzene rings is 1. The highest BCUT2D eigenvalue weighted by Crippen LogP contribution is 2.07. The van der Waals surface area contributed by atoms with E-state index in [1.165, 1.54) is 7.05 Å². The van der Waals surface area contributed by atoms with Crippen LogP contribution in [0.25, 0.3) is 0 Å². The molecule has 0 aliphatic carbocycles. The Hall–Kier alpha value is -2.24. The van der Waals surface area contributed by atoms with Crippen LogP contribution in [0, 0.1) is 0 Å². The Morgan fingerprint density at radius 3 is 2.61 bits per heavy atom. The van der Waals surface area contributed by atoms with Gasteiger partial charge in [-0.2, -0.15) is 0 Å². The van der Waals surface area contributed by atoms with Crippen LogP contribution < -0.4 is 10.1 Å². The molecule has 2 N–H and O–H groups in total. The number of carboxylic acids is 1. The number of likely N-dealkylation sites (N-methyl/N-ethyl adjacent to an activating group) is 1. The van der Waals surface area contributed by atoms with E-state index < -0.39 is 12.0 Å². The summed E-state index contributed by atoms with van der Waals surface area (Å²) in [4.78, 5) is 22.9. The summed E-state index contributed by atoms with van der Waals surface area (Å²) >= 11 is 0. The molecule has 2 amide bonds. The number of nitrogens with zero attached hydrogens (tertiary/aromatic N) is 1. The van der Waals surface area contributed by atoms with Gasteiger partial charge in [0.2, 0.25) is 0 Å². The molecule has 18 heavy (non-hydrogen) atoms. The highest BCUT2D eigenvalue weighted by molar-refractivity contribution is 5.79. The molecular formula is C12H16N2O4. The SMILES string of the molecule is CN(CC(=O)O)C(=O)NCCOc1ccccc1. The third-order valence-corrected chi connectivity index (χ3v) is 2.11. The van der Waals surface area contributed by atoms with Crippen LogP contribution in [0.4, 0.5) is 4.79 Å². The lowest BCUT2D eigenvalue weighted by atomic mass is 10.3. The number of nitrogens with one attached hydrogen (secondary N) is 1. The Labute approximate surface area is 105 Å². The molecule has 0 saturated carbocycles. The Kier molecular flexibility index (Phi) is 5.50. The number of carbonyl (C=O) groups excluding carboxylic acids is 1. The molecule has 0 radical (unpaired) electrons. The summed E-state index contributed by atoms with van der Waals surface area (Å²) in [5, 5.41) is 11.1. The lowest BCUT2D eigenvalue weighted by Gasteiger charge is -2.15. The van der Waals surface area contributed by atoms with Gasteiger partial charge in [-0.3, -0.25) is 4.79 Å². The maximum atomic E-state index is 11.4. The van der Waals surface area contributed by atoms with Gasteiger partial charge in [-0.15, -0.1) is 0 Å². The first-order valence-corrected chi connectivity index (χ1v) is 5.48. The molecule has 0 aliphatic rings. The van der Waals surface area contributed by atoms with Crippen LogP contribution in [0.15, 0.2) is 30.3 Å². The van der Waals surface area contributed by atoms with Gasteiger partial charge in [0.15, 0.2) is 0 Å². The molecule has 0 aromatic heterocycles. The minimum atomic E-state index is -1.05. The van der Waals surface area contributed by atoms with Crippen molar-refractivity contribution in [2.45, 2.75) is 0 Å². The molecule has 0 spiro atoms. The largest absolute Gasteiger partial charge is 0.492 e. The number of carboxylic acid groups (broad SMARTS) is 1.